The van der Waals surface area contributed by atoms with E-state index in [1.165, 1.54) is 12.1 Å². The van der Waals surface area contributed by atoms with E-state index in [9.17, 15) is 19.8 Å². The van der Waals surface area contributed by atoms with Crippen molar-refractivity contribution < 1.29 is 19.8 Å². The second-order valence-corrected chi connectivity index (χ2v) is 9.94. The highest BCUT2D eigenvalue weighted by molar-refractivity contribution is 6.30. The van der Waals surface area contributed by atoms with Crippen LogP contribution in [0.1, 0.15) is 50.0 Å². The first-order valence-electron chi connectivity index (χ1n) is 10.8. The predicted molar refractivity (Wildman–Crippen MR) is 125 cm³/mol. The maximum absolute atomic E-state index is 13.4. The smallest absolute Gasteiger partial charge is 0.252 e. The van der Waals surface area contributed by atoms with Gasteiger partial charge in [-0.3, -0.25) is 9.59 Å². The molecule has 172 valence electrons. The molecular formula is C25H31ClN2O4. The van der Waals surface area contributed by atoms with Crippen molar-refractivity contribution in [3.8, 4) is 5.75 Å². The van der Waals surface area contributed by atoms with Crippen LogP contribution in [0.2, 0.25) is 5.02 Å². The Morgan fingerprint density at radius 1 is 1.12 bits per heavy atom. The van der Waals surface area contributed by atoms with E-state index in [1.807, 2.05) is 39.8 Å². The molecule has 1 saturated heterocycles. The summed E-state index contributed by atoms with van der Waals surface area (Å²) in [5.41, 5.74) is -0.658. The molecular weight excluding hydrogens is 428 g/mol. The highest BCUT2D eigenvalue weighted by atomic mass is 35.5. The van der Waals surface area contributed by atoms with Crippen LogP contribution >= 0.6 is 11.6 Å². The maximum Gasteiger partial charge on any atom is 0.252 e. The third kappa shape index (κ3) is 4.76. The molecule has 1 aliphatic heterocycles. The third-order valence-electron chi connectivity index (χ3n) is 6.41. The van der Waals surface area contributed by atoms with Crippen LogP contribution in [0.15, 0.2) is 48.5 Å². The number of carbonyl (C=O) groups excluding carboxylic acids is 2. The van der Waals surface area contributed by atoms with Gasteiger partial charge in [0.1, 0.15) is 11.8 Å². The van der Waals surface area contributed by atoms with E-state index in [-0.39, 0.29) is 17.6 Å². The Morgan fingerprint density at radius 2 is 1.78 bits per heavy atom. The molecule has 1 heterocycles. The van der Waals surface area contributed by atoms with Gasteiger partial charge in [0.2, 0.25) is 5.91 Å². The van der Waals surface area contributed by atoms with Gasteiger partial charge in [0.05, 0.1) is 5.60 Å². The lowest BCUT2D eigenvalue weighted by molar-refractivity contribution is -0.155. The minimum absolute atomic E-state index is 0.00987. The van der Waals surface area contributed by atoms with E-state index < -0.39 is 23.0 Å². The molecule has 2 aromatic rings. The zero-order valence-corrected chi connectivity index (χ0v) is 19.7. The van der Waals surface area contributed by atoms with Gasteiger partial charge in [0.25, 0.3) is 5.91 Å². The molecule has 2 aromatic carbocycles. The number of hydrogen-bond donors (Lipinski definition) is 3. The number of nitrogens with zero attached hydrogens (tertiary/aromatic N) is 1. The number of phenolic OH excluding ortho intramolecular Hbond substituents is 1. The number of phenols is 1. The second kappa shape index (κ2) is 9.12. The first-order valence-corrected chi connectivity index (χ1v) is 11.2. The van der Waals surface area contributed by atoms with E-state index in [2.05, 4.69) is 5.32 Å². The number of aromatic hydroxyl groups is 1. The van der Waals surface area contributed by atoms with Crippen LogP contribution < -0.4 is 5.32 Å². The number of benzene rings is 2. The molecule has 7 heteroatoms. The van der Waals surface area contributed by atoms with E-state index >= 15 is 0 Å². The van der Waals surface area contributed by atoms with Crippen LogP contribution in [0.5, 0.6) is 5.75 Å². The standard InChI is InChI=1S/C25H31ClN2O4/c1-16(2)21(27-22(30)17-6-5-7-20(29)14-17)23(31)28-13-12-25(32,24(3,4)15-28)18-8-10-19(26)11-9-18/h5-11,14,16,21,29,32H,12-13,15H2,1-4H3,(H,27,30)/t21-,25+/m1/s1. The first-order chi connectivity index (χ1) is 14.9. The van der Waals surface area contributed by atoms with Crippen LogP contribution in [-0.2, 0) is 10.4 Å². The molecule has 0 aliphatic carbocycles. The van der Waals surface area contributed by atoms with Gasteiger partial charge < -0.3 is 20.4 Å². The van der Waals surface area contributed by atoms with Gasteiger partial charge in [-0.2, -0.15) is 0 Å². The van der Waals surface area contributed by atoms with Gasteiger partial charge >= 0.3 is 0 Å². The Labute approximate surface area is 194 Å². The van der Waals surface area contributed by atoms with Crippen LogP contribution in [-0.4, -0.2) is 46.1 Å². The summed E-state index contributed by atoms with van der Waals surface area (Å²) >= 11 is 6.01. The van der Waals surface area contributed by atoms with E-state index in [0.717, 1.165) is 5.56 Å². The number of halogens is 1. The largest absolute Gasteiger partial charge is 0.508 e. The van der Waals surface area contributed by atoms with Crippen molar-refractivity contribution in [1.29, 1.82) is 0 Å². The van der Waals surface area contributed by atoms with Gasteiger partial charge in [0, 0.05) is 29.1 Å². The molecule has 32 heavy (non-hydrogen) atoms. The van der Waals surface area contributed by atoms with E-state index in [4.69, 9.17) is 11.6 Å². The Balaban J connectivity index is 1.77. The molecule has 0 unspecified atom stereocenters. The summed E-state index contributed by atoms with van der Waals surface area (Å²) in [7, 11) is 0. The molecule has 3 N–H and O–H groups in total. The topological polar surface area (TPSA) is 89.9 Å². The average molecular weight is 459 g/mol. The van der Waals surface area contributed by atoms with Gasteiger partial charge in [-0.15, -0.1) is 0 Å². The number of piperidine rings is 1. The lowest BCUT2D eigenvalue weighted by Crippen LogP contribution is -2.60. The maximum atomic E-state index is 13.4. The fourth-order valence-corrected chi connectivity index (χ4v) is 4.48. The minimum atomic E-state index is -1.10. The molecule has 3 rings (SSSR count). The van der Waals surface area contributed by atoms with Crippen molar-refractivity contribution in [3.05, 3.63) is 64.7 Å². The zero-order chi connectivity index (χ0) is 23.7. The third-order valence-corrected chi connectivity index (χ3v) is 6.66. The molecule has 0 radical (unpaired) electrons. The van der Waals surface area contributed by atoms with Crippen molar-refractivity contribution in [1.82, 2.24) is 10.2 Å². The summed E-state index contributed by atoms with van der Waals surface area (Å²) in [4.78, 5) is 27.8. The molecule has 2 atom stereocenters. The fourth-order valence-electron chi connectivity index (χ4n) is 4.35. The summed E-state index contributed by atoms with van der Waals surface area (Å²) in [6, 6.07) is 12.5. The summed E-state index contributed by atoms with van der Waals surface area (Å²) < 4.78 is 0. The molecule has 2 amide bonds. The number of likely N-dealkylation sites (tertiary alicyclic amines) is 1. The first kappa shape index (κ1) is 24.1. The molecule has 6 nitrogen and oxygen atoms in total. The van der Waals surface area contributed by atoms with Crippen molar-refractivity contribution in [2.45, 2.75) is 45.8 Å². The van der Waals surface area contributed by atoms with Crippen LogP contribution in [0.4, 0.5) is 0 Å². The number of nitrogens with one attached hydrogen (secondary N) is 1. The number of rotatable bonds is 5. The van der Waals surface area contributed by atoms with Crippen LogP contribution in [0.25, 0.3) is 0 Å². The van der Waals surface area contributed by atoms with Gasteiger partial charge in [0.15, 0.2) is 0 Å². The van der Waals surface area contributed by atoms with Gasteiger partial charge in [-0.25, -0.2) is 0 Å². The van der Waals surface area contributed by atoms with Gasteiger partial charge in [-0.05, 0) is 48.2 Å². The normalized spacial score (nSPS) is 21.3. The van der Waals surface area contributed by atoms with Gasteiger partial charge in [-0.1, -0.05) is 57.5 Å². The van der Waals surface area contributed by atoms with Crippen LogP contribution in [0, 0.1) is 11.3 Å². The number of hydrogen-bond acceptors (Lipinski definition) is 4. The molecule has 1 aliphatic rings. The fraction of sp³-hybridized carbons (Fsp3) is 0.440. The van der Waals surface area contributed by atoms with Crippen molar-refractivity contribution in [3.63, 3.8) is 0 Å². The van der Waals surface area contributed by atoms with E-state index in [0.29, 0.717) is 30.1 Å². The Hall–Kier alpha value is -2.57. The highest BCUT2D eigenvalue weighted by Gasteiger charge is 2.50. The van der Waals surface area contributed by atoms with Crippen molar-refractivity contribution in [2.24, 2.45) is 11.3 Å². The van der Waals surface area contributed by atoms with Crippen molar-refractivity contribution >= 4 is 23.4 Å². The Morgan fingerprint density at radius 3 is 2.34 bits per heavy atom. The second-order valence-electron chi connectivity index (χ2n) is 9.51. The molecule has 1 fully saturated rings. The molecule has 0 bridgehead atoms. The quantitative estimate of drug-likeness (QED) is 0.632. The number of carbonyl (C=O) groups is 2. The lowest BCUT2D eigenvalue weighted by atomic mass is 9.66. The summed E-state index contributed by atoms with van der Waals surface area (Å²) in [6.45, 7) is 8.35. The summed E-state index contributed by atoms with van der Waals surface area (Å²) in [6.07, 6.45) is 0.374. The number of amides is 2. The zero-order valence-electron chi connectivity index (χ0n) is 18.9. The lowest BCUT2D eigenvalue weighted by Gasteiger charge is -2.51. The average Bonchev–Trinajstić information content (AvgIpc) is 2.73. The SMILES string of the molecule is CC(C)[C@@H](NC(=O)c1cccc(O)c1)C(=O)N1CC[C@](O)(c2ccc(Cl)cc2)C(C)(C)C1. The molecule has 0 saturated carbocycles. The summed E-state index contributed by atoms with van der Waals surface area (Å²) in [5.74, 6) is -0.741. The summed E-state index contributed by atoms with van der Waals surface area (Å²) in [5, 5.41) is 24.6. The Kier molecular flexibility index (Phi) is 6.86. The van der Waals surface area contributed by atoms with Crippen molar-refractivity contribution in [2.75, 3.05) is 13.1 Å². The monoisotopic (exact) mass is 458 g/mol. The van der Waals surface area contributed by atoms with E-state index in [1.54, 1.807) is 29.2 Å². The predicted octanol–water partition coefficient (Wildman–Crippen LogP) is 3.95. The number of aliphatic hydroxyl groups is 1. The molecule has 0 aromatic heterocycles. The highest BCUT2D eigenvalue weighted by Crippen LogP contribution is 2.46. The van der Waals surface area contributed by atoms with Crippen LogP contribution in [0.3, 0.4) is 0 Å². The minimum Gasteiger partial charge on any atom is -0.508 e. The Bertz CT molecular complexity index is 990. The molecule has 0 spiro atoms.